The monoisotopic (exact) mass is 476 g/mol. The van der Waals surface area contributed by atoms with E-state index in [2.05, 4.69) is 10.0 Å². The van der Waals surface area contributed by atoms with Crippen LogP contribution in [0.4, 0.5) is 11.4 Å². The van der Waals surface area contributed by atoms with Crippen molar-refractivity contribution in [1.29, 1.82) is 0 Å². The number of hydrogen-bond donors (Lipinski definition) is 2. The summed E-state index contributed by atoms with van der Waals surface area (Å²) in [4.78, 5) is 25.5. The average molecular weight is 477 g/mol. The summed E-state index contributed by atoms with van der Waals surface area (Å²) < 4.78 is 31.4. The highest BCUT2D eigenvalue weighted by molar-refractivity contribution is 7.92. The largest absolute Gasteiger partial charge is 0.322 e. The molecule has 4 aromatic rings. The zero-order valence-electron chi connectivity index (χ0n) is 18.9. The highest BCUT2D eigenvalue weighted by Gasteiger charge is 2.22. The number of rotatable bonds is 6. The number of carbonyl (C=O) groups excluding carboxylic acids is 1. The van der Waals surface area contributed by atoms with E-state index in [9.17, 15) is 18.0 Å². The van der Waals surface area contributed by atoms with Crippen molar-refractivity contribution >= 4 is 27.3 Å². The zero-order valence-corrected chi connectivity index (χ0v) is 19.8. The normalized spacial score (nSPS) is 11.3. The van der Waals surface area contributed by atoms with Crippen molar-refractivity contribution < 1.29 is 13.2 Å². The molecule has 0 unspecified atom stereocenters. The molecule has 34 heavy (non-hydrogen) atoms. The number of sulfonamides is 1. The third-order valence-electron chi connectivity index (χ3n) is 5.53. The Hall–Kier alpha value is -4.11. The number of anilines is 2. The Morgan fingerprint density at radius 2 is 1.47 bits per heavy atom. The van der Waals surface area contributed by atoms with Crippen LogP contribution in [0.5, 0.6) is 0 Å². The third kappa shape index (κ3) is 4.51. The van der Waals surface area contributed by atoms with Crippen LogP contribution >= 0.6 is 0 Å². The molecule has 0 fully saturated rings. The van der Waals surface area contributed by atoms with Gasteiger partial charge >= 0.3 is 0 Å². The van der Waals surface area contributed by atoms with E-state index >= 15 is 0 Å². The van der Waals surface area contributed by atoms with Crippen molar-refractivity contribution in [2.24, 2.45) is 7.05 Å². The molecule has 0 aliphatic rings. The summed E-state index contributed by atoms with van der Waals surface area (Å²) in [5.41, 5.74) is 2.59. The van der Waals surface area contributed by atoms with Gasteiger partial charge in [-0.05, 0) is 62.4 Å². The topological polar surface area (TPSA) is 102 Å². The van der Waals surface area contributed by atoms with Gasteiger partial charge < -0.3 is 5.32 Å². The lowest BCUT2D eigenvalue weighted by Gasteiger charge is -2.09. The van der Waals surface area contributed by atoms with Crippen LogP contribution in [0.3, 0.4) is 0 Å². The third-order valence-corrected chi connectivity index (χ3v) is 6.89. The molecule has 1 heterocycles. The number of nitrogens with zero attached hydrogens (tertiary/aromatic N) is 2. The van der Waals surface area contributed by atoms with E-state index in [0.29, 0.717) is 22.6 Å². The Morgan fingerprint density at radius 1 is 0.853 bits per heavy atom. The van der Waals surface area contributed by atoms with Crippen molar-refractivity contribution in [2.75, 3.05) is 10.0 Å². The number of amides is 1. The van der Waals surface area contributed by atoms with E-state index in [1.54, 1.807) is 55.1 Å². The quantitative estimate of drug-likeness (QED) is 0.441. The summed E-state index contributed by atoms with van der Waals surface area (Å²) in [6.45, 7) is 3.61. The van der Waals surface area contributed by atoms with Gasteiger partial charge in [-0.15, -0.1) is 0 Å². The molecular weight excluding hydrogens is 452 g/mol. The minimum absolute atomic E-state index is 0.0347. The van der Waals surface area contributed by atoms with Gasteiger partial charge in [0.1, 0.15) is 5.69 Å². The molecule has 0 aliphatic heterocycles. The first-order chi connectivity index (χ1) is 16.2. The molecule has 0 atom stereocenters. The fraction of sp³-hybridized carbons (Fsp3) is 0.120. The average Bonchev–Trinajstić information content (AvgIpc) is 3.04. The summed E-state index contributed by atoms with van der Waals surface area (Å²) in [6, 6.07) is 21.8. The van der Waals surface area contributed by atoms with Gasteiger partial charge in [0.25, 0.3) is 21.5 Å². The second kappa shape index (κ2) is 9.03. The molecule has 1 amide bonds. The molecule has 0 aliphatic carbocycles. The number of aryl methyl sites for hydroxylation is 1. The summed E-state index contributed by atoms with van der Waals surface area (Å²) in [5.74, 6) is -0.356. The Bertz CT molecular complexity index is 1500. The number of hydrogen-bond acceptors (Lipinski definition) is 4. The standard InChI is InChI=1S/C25H24N4O4S/c1-17-9-13-20(14-10-17)26-24(30)19-11-15-22(16-12-19)34(32,33)27-23-18(2)28(3)29(25(23)31)21-7-5-4-6-8-21/h4-16,27H,1-3H3,(H,26,30). The van der Waals surface area contributed by atoms with Crippen LogP contribution in [-0.2, 0) is 17.1 Å². The van der Waals surface area contributed by atoms with Gasteiger partial charge in [-0.25, -0.2) is 13.1 Å². The highest BCUT2D eigenvalue weighted by Crippen LogP contribution is 2.20. The summed E-state index contributed by atoms with van der Waals surface area (Å²) in [5, 5.41) is 2.77. The maximum atomic E-state index is 13.0. The smallest absolute Gasteiger partial charge is 0.296 e. The second-order valence-electron chi connectivity index (χ2n) is 7.89. The number of nitrogens with one attached hydrogen (secondary N) is 2. The van der Waals surface area contributed by atoms with Crippen LogP contribution in [0.25, 0.3) is 5.69 Å². The van der Waals surface area contributed by atoms with E-state index in [0.717, 1.165) is 5.56 Å². The van der Waals surface area contributed by atoms with Gasteiger partial charge in [0.15, 0.2) is 0 Å². The predicted molar refractivity (Wildman–Crippen MR) is 132 cm³/mol. The van der Waals surface area contributed by atoms with Gasteiger partial charge in [-0.3, -0.25) is 19.0 Å². The van der Waals surface area contributed by atoms with Crippen LogP contribution in [0, 0.1) is 13.8 Å². The van der Waals surface area contributed by atoms with Gasteiger partial charge in [0.05, 0.1) is 16.3 Å². The predicted octanol–water partition coefficient (Wildman–Crippen LogP) is 3.85. The van der Waals surface area contributed by atoms with E-state index in [-0.39, 0.29) is 16.5 Å². The van der Waals surface area contributed by atoms with E-state index in [1.807, 2.05) is 25.1 Å². The Morgan fingerprint density at radius 3 is 2.09 bits per heavy atom. The lowest BCUT2D eigenvalue weighted by atomic mass is 10.2. The fourth-order valence-electron chi connectivity index (χ4n) is 3.50. The van der Waals surface area contributed by atoms with E-state index < -0.39 is 15.6 Å². The lowest BCUT2D eigenvalue weighted by Crippen LogP contribution is -2.23. The van der Waals surface area contributed by atoms with E-state index in [4.69, 9.17) is 0 Å². The van der Waals surface area contributed by atoms with Crippen molar-refractivity contribution in [3.8, 4) is 5.69 Å². The fourth-order valence-corrected chi connectivity index (χ4v) is 4.62. The second-order valence-corrected chi connectivity index (χ2v) is 9.57. The molecule has 8 nitrogen and oxygen atoms in total. The molecule has 2 N–H and O–H groups in total. The molecule has 174 valence electrons. The molecule has 0 saturated heterocycles. The summed E-state index contributed by atoms with van der Waals surface area (Å²) in [6.07, 6.45) is 0. The summed E-state index contributed by atoms with van der Waals surface area (Å²) >= 11 is 0. The van der Waals surface area contributed by atoms with Gasteiger partial charge in [0.2, 0.25) is 0 Å². The SMILES string of the molecule is Cc1ccc(NC(=O)c2ccc(S(=O)(=O)Nc3c(C)n(C)n(-c4ccccc4)c3=O)cc2)cc1. The van der Waals surface area contributed by atoms with Crippen molar-refractivity contribution in [3.05, 3.63) is 106 Å². The maximum absolute atomic E-state index is 13.0. The van der Waals surface area contributed by atoms with E-state index in [1.165, 1.54) is 28.9 Å². The van der Waals surface area contributed by atoms with Crippen LogP contribution < -0.4 is 15.6 Å². The first kappa shape index (κ1) is 23.1. The number of benzene rings is 3. The van der Waals surface area contributed by atoms with Gasteiger partial charge in [-0.2, -0.15) is 0 Å². The molecular formula is C25H24N4O4S. The van der Waals surface area contributed by atoms with Crippen LogP contribution in [-0.4, -0.2) is 23.7 Å². The number of aromatic nitrogens is 2. The van der Waals surface area contributed by atoms with Crippen LogP contribution in [0.1, 0.15) is 21.6 Å². The zero-order chi connectivity index (χ0) is 24.5. The first-order valence-electron chi connectivity index (χ1n) is 10.5. The van der Waals surface area contributed by atoms with Gasteiger partial charge in [0, 0.05) is 18.3 Å². The molecule has 9 heteroatoms. The van der Waals surface area contributed by atoms with Crippen molar-refractivity contribution in [3.63, 3.8) is 0 Å². The molecule has 0 bridgehead atoms. The minimum Gasteiger partial charge on any atom is -0.322 e. The Kier molecular flexibility index (Phi) is 6.12. The minimum atomic E-state index is -4.06. The molecule has 0 spiro atoms. The molecule has 3 aromatic carbocycles. The highest BCUT2D eigenvalue weighted by atomic mass is 32.2. The molecule has 0 saturated carbocycles. The number of para-hydroxylation sites is 1. The summed E-state index contributed by atoms with van der Waals surface area (Å²) in [7, 11) is -2.37. The van der Waals surface area contributed by atoms with Crippen LogP contribution in [0.15, 0.2) is 88.6 Å². The first-order valence-corrected chi connectivity index (χ1v) is 12.0. The lowest BCUT2D eigenvalue weighted by molar-refractivity contribution is 0.102. The number of carbonyl (C=O) groups is 1. The van der Waals surface area contributed by atoms with Crippen molar-refractivity contribution in [1.82, 2.24) is 9.36 Å². The molecule has 1 aromatic heterocycles. The molecule has 4 rings (SSSR count). The maximum Gasteiger partial charge on any atom is 0.296 e. The molecule has 0 radical (unpaired) electrons. The Balaban J connectivity index is 1.57. The Labute approximate surface area is 197 Å². The van der Waals surface area contributed by atoms with Crippen LogP contribution in [0.2, 0.25) is 0 Å². The van der Waals surface area contributed by atoms with Gasteiger partial charge in [-0.1, -0.05) is 35.9 Å². The van der Waals surface area contributed by atoms with Crippen molar-refractivity contribution in [2.45, 2.75) is 18.7 Å².